The van der Waals surface area contributed by atoms with Crippen LogP contribution in [0.1, 0.15) is 22.5 Å². The standard InChI is InChI=1S/C29H30N4O5S/c1-36-21-13-18(14-22(37-2)25(21)38-3)19-15-20(16-7-5-4-6-8-16)32-28-23(19)24(30)26(39-28)29(35)33-11-9-17(10-12-33)27(31)34/h4-8,13-15,17H,9-12,30H2,1-3H3,(H2,31,34). The molecule has 4 aromatic rings. The van der Waals surface area contributed by atoms with Crippen molar-refractivity contribution in [1.29, 1.82) is 0 Å². The van der Waals surface area contributed by atoms with E-state index in [1.165, 1.54) is 11.3 Å². The van der Waals surface area contributed by atoms with Gasteiger partial charge in [0.2, 0.25) is 11.7 Å². The van der Waals surface area contributed by atoms with Crippen LogP contribution in [-0.4, -0.2) is 56.1 Å². The van der Waals surface area contributed by atoms with Crippen LogP contribution in [0.25, 0.3) is 32.6 Å². The molecule has 10 heteroatoms. The average molecular weight is 547 g/mol. The van der Waals surface area contributed by atoms with Gasteiger partial charge in [0.1, 0.15) is 9.71 Å². The minimum Gasteiger partial charge on any atom is -0.493 e. The first-order valence-corrected chi connectivity index (χ1v) is 13.3. The average Bonchev–Trinajstić information content (AvgIpc) is 3.31. The van der Waals surface area contributed by atoms with E-state index in [4.69, 9.17) is 30.7 Å². The van der Waals surface area contributed by atoms with Crippen molar-refractivity contribution in [2.45, 2.75) is 12.8 Å². The molecule has 3 heterocycles. The zero-order valence-corrected chi connectivity index (χ0v) is 22.8. The lowest BCUT2D eigenvalue weighted by molar-refractivity contribution is -0.123. The SMILES string of the molecule is COc1cc(-c2cc(-c3ccccc3)nc3sc(C(=O)N4CCC(C(N)=O)CC4)c(N)c23)cc(OC)c1OC. The Bertz CT molecular complexity index is 1520. The van der Waals surface area contributed by atoms with E-state index in [0.717, 1.165) is 22.4 Å². The zero-order chi connectivity index (χ0) is 27.7. The number of fused-ring (bicyclic) bond motifs is 1. The minimum atomic E-state index is -0.323. The lowest BCUT2D eigenvalue weighted by Gasteiger charge is -2.30. The van der Waals surface area contributed by atoms with Crippen LogP contribution in [0.2, 0.25) is 0 Å². The summed E-state index contributed by atoms with van der Waals surface area (Å²) < 4.78 is 16.7. The molecule has 0 spiro atoms. The molecular weight excluding hydrogens is 516 g/mol. The van der Waals surface area contributed by atoms with E-state index in [1.54, 1.807) is 26.2 Å². The van der Waals surface area contributed by atoms with Gasteiger partial charge in [-0.2, -0.15) is 0 Å². The number of nitrogen functional groups attached to an aromatic ring is 1. The smallest absolute Gasteiger partial charge is 0.266 e. The zero-order valence-electron chi connectivity index (χ0n) is 22.0. The molecule has 2 amide bonds. The third kappa shape index (κ3) is 4.83. The molecule has 0 aliphatic carbocycles. The predicted octanol–water partition coefficient (Wildman–Crippen LogP) is 4.58. The van der Waals surface area contributed by atoms with Crippen LogP contribution in [0.15, 0.2) is 48.5 Å². The van der Waals surface area contributed by atoms with Crippen LogP contribution in [0.3, 0.4) is 0 Å². The molecule has 2 aromatic carbocycles. The van der Waals surface area contributed by atoms with E-state index in [1.807, 2.05) is 48.5 Å². The van der Waals surface area contributed by atoms with E-state index >= 15 is 0 Å². The number of nitrogens with zero attached hydrogens (tertiary/aromatic N) is 2. The number of amides is 2. The normalized spacial score (nSPS) is 13.9. The number of carbonyl (C=O) groups excluding carboxylic acids is 2. The lowest BCUT2D eigenvalue weighted by atomic mass is 9.96. The van der Waals surface area contributed by atoms with Gasteiger partial charge in [-0.15, -0.1) is 11.3 Å². The summed E-state index contributed by atoms with van der Waals surface area (Å²) in [5.41, 5.74) is 15.8. The largest absolute Gasteiger partial charge is 0.493 e. The van der Waals surface area contributed by atoms with Crippen LogP contribution in [0, 0.1) is 5.92 Å². The Kier molecular flexibility index (Phi) is 7.30. The third-order valence-corrected chi connectivity index (χ3v) is 8.21. The number of methoxy groups -OCH3 is 3. The first kappa shape index (κ1) is 26.3. The Morgan fingerprint density at radius 3 is 2.15 bits per heavy atom. The minimum absolute atomic E-state index is 0.171. The fraction of sp³-hybridized carbons (Fsp3) is 0.276. The topological polar surface area (TPSA) is 130 Å². The van der Waals surface area contributed by atoms with Crippen molar-refractivity contribution in [3.8, 4) is 39.6 Å². The molecule has 1 aliphatic rings. The van der Waals surface area contributed by atoms with Crippen LogP contribution in [0.4, 0.5) is 5.69 Å². The van der Waals surface area contributed by atoms with Gasteiger partial charge in [0.15, 0.2) is 11.5 Å². The van der Waals surface area contributed by atoms with Gasteiger partial charge in [0, 0.05) is 30.0 Å². The van der Waals surface area contributed by atoms with E-state index in [9.17, 15) is 9.59 Å². The first-order chi connectivity index (χ1) is 18.9. The molecule has 1 fully saturated rings. The molecule has 9 nitrogen and oxygen atoms in total. The number of thiophene rings is 1. The molecule has 1 saturated heterocycles. The quantitative estimate of drug-likeness (QED) is 0.347. The monoisotopic (exact) mass is 546 g/mol. The van der Waals surface area contributed by atoms with Crippen LogP contribution < -0.4 is 25.7 Å². The number of primary amides is 1. The van der Waals surface area contributed by atoms with E-state index in [0.29, 0.717) is 64.0 Å². The number of anilines is 1. The van der Waals surface area contributed by atoms with Crippen molar-refractivity contribution in [3.05, 3.63) is 53.4 Å². The van der Waals surface area contributed by atoms with Crippen molar-refractivity contribution in [3.63, 3.8) is 0 Å². The Hall–Kier alpha value is -4.31. The summed E-state index contributed by atoms with van der Waals surface area (Å²) in [6.45, 7) is 0.894. The summed E-state index contributed by atoms with van der Waals surface area (Å²) in [5, 5.41) is 0.685. The highest BCUT2D eigenvalue weighted by Crippen LogP contribution is 2.46. The van der Waals surface area contributed by atoms with E-state index in [2.05, 4.69) is 0 Å². The van der Waals surface area contributed by atoms with Crippen molar-refractivity contribution >= 4 is 39.1 Å². The predicted molar refractivity (Wildman–Crippen MR) is 152 cm³/mol. The summed E-state index contributed by atoms with van der Waals surface area (Å²) >= 11 is 1.27. The number of hydrogen-bond donors (Lipinski definition) is 2. The van der Waals surface area contributed by atoms with Crippen molar-refractivity contribution in [2.24, 2.45) is 11.7 Å². The third-order valence-electron chi connectivity index (χ3n) is 7.12. The number of hydrogen-bond acceptors (Lipinski definition) is 8. The van der Waals surface area contributed by atoms with Gasteiger partial charge in [0.25, 0.3) is 5.91 Å². The Morgan fingerprint density at radius 2 is 1.59 bits per heavy atom. The number of aromatic nitrogens is 1. The second-order valence-corrected chi connectivity index (χ2v) is 10.3. The fourth-order valence-electron chi connectivity index (χ4n) is 5.01. The molecule has 0 bridgehead atoms. The number of benzene rings is 2. The van der Waals surface area contributed by atoms with Gasteiger partial charge in [0.05, 0.1) is 32.7 Å². The lowest BCUT2D eigenvalue weighted by Crippen LogP contribution is -2.41. The van der Waals surface area contributed by atoms with Gasteiger partial charge in [-0.05, 0) is 42.2 Å². The van der Waals surface area contributed by atoms with Crippen molar-refractivity contribution in [1.82, 2.24) is 9.88 Å². The molecular formula is C29H30N4O5S. The molecule has 4 N–H and O–H groups in total. The number of rotatable bonds is 7. The highest BCUT2D eigenvalue weighted by molar-refractivity contribution is 7.21. The molecule has 5 rings (SSSR count). The maximum atomic E-state index is 13.6. The molecule has 2 aromatic heterocycles. The maximum absolute atomic E-state index is 13.6. The van der Waals surface area contributed by atoms with Crippen LogP contribution in [0.5, 0.6) is 17.2 Å². The summed E-state index contributed by atoms with van der Waals surface area (Å²) in [5.74, 6) is 0.772. The number of piperidine rings is 1. The van der Waals surface area contributed by atoms with E-state index < -0.39 is 0 Å². The molecule has 39 heavy (non-hydrogen) atoms. The molecule has 0 saturated carbocycles. The number of ether oxygens (including phenoxy) is 3. The summed E-state index contributed by atoms with van der Waals surface area (Å²) in [6, 6.07) is 15.5. The van der Waals surface area contributed by atoms with Crippen LogP contribution >= 0.6 is 11.3 Å². The second kappa shape index (κ2) is 10.8. The summed E-state index contributed by atoms with van der Waals surface area (Å²) in [6.07, 6.45) is 1.08. The summed E-state index contributed by atoms with van der Waals surface area (Å²) in [7, 11) is 4.69. The van der Waals surface area contributed by atoms with Gasteiger partial charge >= 0.3 is 0 Å². The molecule has 0 radical (unpaired) electrons. The highest BCUT2D eigenvalue weighted by atomic mass is 32.1. The Morgan fingerprint density at radius 1 is 0.949 bits per heavy atom. The second-order valence-electron chi connectivity index (χ2n) is 9.33. The summed E-state index contributed by atoms with van der Waals surface area (Å²) in [4.78, 5) is 32.9. The Labute approximate surface area is 230 Å². The molecule has 0 atom stereocenters. The Balaban J connectivity index is 1.68. The maximum Gasteiger partial charge on any atom is 0.266 e. The van der Waals surface area contributed by atoms with Crippen molar-refractivity contribution in [2.75, 3.05) is 40.2 Å². The highest BCUT2D eigenvalue weighted by Gasteiger charge is 2.30. The molecule has 0 unspecified atom stereocenters. The van der Waals surface area contributed by atoms with Gasteiger partial charge in [-0.1, -0.05) is 30.3 Å². The number of carbonyl (C=O) groups is 2. The molecule has 1 aliphatic heterocycles. The van der Waals surface area contributed by atoms with E-state index in [-0.39, 0.29) is 17.7 Å². The number of pyridine rings is 1. The van der Waals surface area contributed by atoms with Crippen molar-refractivity contribution < 1.29 is 23.8 Å². The van der Waals surface area contributed by atoms with Gasteiger partial charge < -0.3 is 30.6 Å². The van der Waals surface area contributed by atoms with Gasteiger partial charge in [-0.25, -0.2) is 4.98 Å². The molecule has 202 valence electrons. The first-order valence-electron chi connectivity index (χ1n) is 12.5. The van der Waals surface area contributed by atoms with Gasteiger partial charge in [-0.3, -0.25) is 9.59 Å². The fourth-order valence-corrected chi connectivity index (χ4v) is 6.10. The van der Waals surface area contributed by atoms with Crippen LogP contribution in [-0.2, 0) is 4.79 Å². The number of nitrogens with two attached hydrogens (primary N) is 2. The number of likely N-dealkylation sites (tertiary alicyclic amines) is 1.